The molecule has 1 saturated carbocycles. The van der Waals surface area contributed by atoms with Crippen LogP contribution >= 0.6 is 0 Å². The van der Waals surface area contributed by atoms with Gasteiger partial charge >= 0.3 is 5.97 Å². The van der Waals surface area contributed by atoms with E-state index in [1.165, 1.54) is 0 Å². The SMILES string of the molecule is CC[C@H]1[C@H](/C=C/c2ccc(-c3cccc(C#N)c3)cn2)[C@@H]2[C@@H](C)OC(=O)[C@]2(O)C[C@@H]1C. The third-order valence-electron chi connectivity index (χ3n) is 7.05. The molecule has 6 atom stereocenters. The second kappa shape index (κ2) is 8.28. The van der Waals surface area contributed by atoms with Crippen LogP contribution in [-0.4, -0.2) is 27.8 Å². The Kier molecular flexibility index (Phi) is 5.68. The van der Waals surface area contributed by atoms with Crippen molar-refractivity contribution in [2.75, 3.05) is 0 Å². The van der Waals surface area contributed by atoms with E-state index >= 15 is 0 Å². The molecule has 2 aliphatic rings. The number of rotatable bonds is 4. The average Bonchev–Trinajstić information content (AvgIpc) is 2.99. The second-order valence-electron chi connectivity index (χ2n) is 8.91. The Morgan fingerprint density at radius 3 is 2.77 bits per heavy atom. The third-order valence-corrected chi connectivity index (χ3v) is 7.05. The quantitative estimate of drug-likeness (QED) is 0.736. The predicted molar refractivity (Wildman–Crippen MR) is 118 cm³/mol. The van der Waals surface area contributed by atoms with Crippen LogP contribution in [0.5, 0.6) is 0 Å². The van der Waals surface area contributed by atoms with Crippen molar-refractivity contribution in [3.63, 3.8) is 0 Å². The van der Waals surface area contributed by atoms with Gasteiger partial charge in [-0.1, -0.05) is 44.5 Å². The number of nitriles is 1. The highest BCUT2D eigenvalue weighted by Gasteiger charge is 2.62. The Labute approximate surface area is 183 Å². The summed E-state index contributed by atoms with van der Waals surface area (Å²) in [6.07, 6.45) is 7.02. The number of fused-ring (bicyclic) bond motifs is 1. The third kappa shape index (κ3) is 3.77. The molecule has 31 heavy (non-hydrogen) atoms. The van der Waals surface area contributed by atoms with Gasteiger partial charge in [-0.05, 0) is 60.9 Å². The van der Waals surface area contributed by atoms with Gasteiger partial charge in [0.25, 0.3) is 0 Å². The minimum Gasteiger partial charge on any atom is -0.460 e. The lowest BCUT2D eigenvalue weighted by molar-refractivity contribution is -0.160. The number of ether oxygens (including phenoxy) is 1. The standard InChI is InChI=1S/C26H28N2O3/c1-4-22-16(2)13-26(30)24(17(3)31-25(26)29)23(22)11-10-21-9-8-20(15-28-21)19-7-5-6-18(12-19)14-27/h5-12,15-17,22-24,30H,4,13H2,1-3H3/b11-10+/t16-,17+,22+,23-,24-,26-/m0/s1. The molecule has 4 rings (SSSR count). The summed E-state index contributed by atoms with van der Waals surface area (Å²) in [4.78, 5) is 17.0. The molecule has 2 heterocycles. The van der Waals surface area contributed by atoms with Crippen molar-refractivity contribution in [3.8, 4) is 17.2 Å². The summed E-state index contributed by atoms with van der Waals surface area (Å²) < 4.78 is 5.46. The van der Waals surface area contributed by atoms with E-state index in [0.29, 0.717) is 17.9 Å². The highest BCUT2D eigenvalue weighted by Crippen LogP contribution is 2.52. The summed E-state index contributed by atoms with van der Waals surface area (Å²) in [7, 11) is 0. The maximum atomic E-state index is 12.4. The van der Waals surface area contributed by atoms with Gasteiger partial charge in [-0.15, -0.1) is 0 Å². The highest BCUT2D eigenvalue weighted by atomic mass is 16.6. The van der Waals surface area contributed by atoms with Crippen LogP contribution in [0.4, 0.5) is 0 Å². The monoisotopic (exact) mass is 416 g/mol. The number of carbonyl (C=O) groups excluding carboxylic acids is 1. The molecule has 0 radical (unpaired) electrons. The molecule has 5 heteroatoms. The summed E-state index contributed by atoms with van der Waals surface area (Å²) >= 11 is 0. The van der Waals surface area contributed by atoms with Gasteiger partial charge in [0.2, 0.25) is 0 Å². The van der Waals surface area contributed by atoms with Crippen molar-refractivity contribution in [2.45, 2.75) is 45.3 Å². The Balaban J connectivity index is 1.60. The van der Waals surface area contributed by atoms with Crippen molar-refractivity contribution in [2.24, 2.45) is 23.7 Å². The number of cyclic esters (lactones) is 1. The molecule has 0 amide bonds. The van der Waals surface area contributed by atoms with Gasteiger partial charge in [0.15, 0.2) is 5.60 Å². The largest absolute Gasteiger partial charge is 0.460 e. The van der Waals surface area contributed by atoms with Crippen LogP contribution in [0.2, 0.25) is 0 Å². The number of hydrogen-bond donors (Lipinski definition) is 1. The van der Waals surface area contributed by atoms with Crippen LogP contribution in [0.15, 0.2) is 48.7 Å². The van der Waals surface area contributed by atoms with Gasteiger partial charge in [-0.2, -0.15) is 5.26 Å². The topological polar surface area (TPSA) is 83.2 Å². The van der Waals surface area contributed by atoms with E-state index in [1.54, 1.807) is 12.3 Å². The van der Waals surface area contributed by atoms with Crippen molar-refractivity contribution in [1.29, 1.82) is 5.26 Å². The maximum absolute atomic E-state index is 12.4. The number of pyridine rings is 1. The van der Waals surface area contributed by atoms with Gasteiger partial charge in [-0.25, -0.2) is 4.79 Å². The smallest absolute Gasteiger partial charge is 0.338 e. The number of aromatic nitrogens is 1. The molecule has 1 aromatic carbocycles. The Bertz CT molecular complexity index is 1040. The second-order valence-corrected chi connectivity index (χ2v) is 8.91. The Morgan fingerprint density at radius 2 is 2.10 bits per heavy atom. The molecule has 1 saturated heterocycles. The maximum Gasteiger partial charge on any atom is 0.338 e. The zero-order chi connectivity index (χ0) is 22.2. The lowest BCUT2D eigenvalue weighted by Crippen LogP contribution is -2.53. The number of nitrogens with zero attached hydrogens (tertiary/aromatic N) is 2. The van der Waals surface area contributed by atoms with Gasteiger partial charge in [0.1, 0.15) is 6.10 Å². The summed E-state index contributed by atoms with van der Waals surface area (Å²) in [5.41, 5.74) is 1.94. The van der Waals surface area contributed by atoms with Crippen molar-refractivity contribution in [1.82, 2.24) is 4.98 Å². The van der Waals surface area contributed by atoms with Crippen LogP contribution in [0, 0.1) is 35.0 Å². The Hall–Kier alpha value is -2.97. The number of hydrogen-bond acceptors (Lipinski definition) is 5. The van der Waals surface area contributed by atoms with E-state index in [4.69, 9.17) is 10.00 Å². The van der Waals surface area contributed by atoms with Crippen molar-refractivity contribution < 1.29 is 14.6 Å². The number of aliphatic hydroxyl groups is 1. The minimum absolute atomic E-state index is 0.0361. The van der Waals surface area contributed by atoms with E-state index in [1.807, 2.05) is 43.3 Å². The summed E-state index contributed by atoms with van der Waals surface area (Å²) in [6, 6.07) is 13.6. The molecule has 1 aromatic heterocycles. The first kappa shape index (κ1) is 21.3. The van der Waals surface area contributed by atoms with Crippen LogP contribution in [0.25, 0.3) is 17.2 Å². The van der Waals surface area contributed by atoms with Crippen LogP contribution < -0.4 is 0 Å². The number of carbonyl (C=O) groups is 1. The summed E-state index contributed by atoms with van der Waals surface area (Å²) in [6.45, 7) is 6.16. The molecule has 1 N–H and O–H groups in total. The Morgan fingerprint density at radius 1 is 1.29 bits per heavy atom. The normalized spacial score (nSPS) is 32.5. The summed E-state index contributed by atoms with van der Waals surface area (Å²) in [5.74, 6) is -0.0979. The fourth-order valence-electron chi connectivity index (χ4n) is 5.60. The predicted octanol–water partition coefficient (Wildman–Crippen LogP) is 4.61. The van der Waals surface area contributed by atoms with Crippen LogP contribution in [0.1, 0.15) is 44.9 Å². The fraction of sp³-hybridized carbons (Fsp3) is 0.423. The van der Waals surface area contributed by atoms with Gasteiger partial charge in [0, 0.05) is 17.7 Å². The van der Waals surface area contributed by atoms with E-state index in [9.17, 15) is 9.90 Å². The van der Waals surface area contributed by atoms with Gasteiger partial charge in [-0.3, -0.25) is 4.98 Å². The number of benzene rings is 1. The molecule has 2 fully saturated rings. The first-order valence-electron chi connectivity index (χ1n) is 11.0. The van der Waals surface area contributed by atoms with E-state index in [-0.39, 0.29) is 23.9 Å². The molecule has 0 unspecified atom stereocenters. The van der Waals surface area contributed by atoms with Crippen LogP contribution in [-0.2, 0) is 9.53 Å². The first-order chi connectivity index (χ1) is 14.9. The number of esters is 1. The molecule has 160 valence electrons. The fourth-order valence-corrected chi connectivity index (χ4v) is 5.60. The van der Waals surface area contributed by atoms with Crippen LogP contribution in [0.3, 0.4) is 0 Å². The molecular weight excluding hydrogens is 388 g/mol. The summed E-state index contributed by atoms with van der Waals surface area (Å²) in [5, 5.41) is 20.3. The molecule has 0 spiro atoms. The zero-order valence-corrected chi connectivity index (χ0v) is 18.2. The van der Waals surface area contributed by atoms with Gasteiger partial charge < -0.3 is 9.84 Å². The molecule has 0 bridgehead atoms. The lowest BCUT2D eigenvalue weighted by Gasteiger charge is -2.45. The van der Waals surface area contributed by atoms with E-state index in [2.05, 4.69) is 31.0 Å². The molecular formula is C26H28N2O3. The zero-order valence-electron chi connectivity index (χ0n) is 18.2. The highest BCUT2D eigenvalue weighted by molar-refractivity contribution is 5.82. The van der Waals surface area contributed by atoms with Crippen molar-refractivity contribution >= 4 is 12.0 Å². The lowest BCUT2D eigenvalue weighted by atomic mass is 9.59. The molecule has 1 aliphatic heterocycles. The molecule has 5 nitrogen and oxygen atoms in total. The minimum atomic E-state index is -1.40. The van der Waals surface area contributed by atoms with E-state index in [0.717, 1.165) is 23.2 Å². The average molecular weight is 417 g/mol. The molecule has 2 aromatic rings. The molecule has 1 aliphatic carbocycles. The van der Waals surface area contributed by atoms with Crippen molar-refractivity contribution in [3.05, 3.63) is 59.9 Å². The van der Waals surface area contributed by atoms with Gasteiger partial charge in [0.05, 0.1) is 17.3 Å². The van der Waals surface area contributed by atoms with E-state index < -0.39 is 11.6 Å². The first-order valence-corrected chi connectivity index (χ1v) is 11.0. The number of allylic oxidation sites excluding steroid dienone is 1.